The van der Waals surface area contributed by atoms with Gasteiger partial charge < -0.3 is 4.90 Å². The Morgan fingerprint density at radius 3 is 1.95 bits per heavy atom. The summed E-state index contributed by atoms with van der Waals surface area (Å²) in [6.45, 7) is 19.9. The van der Waals surface area contributed by atoms with E-state index >= 15 is 0 Å². The summed E-state index contributed by atoms with van der Waals surface area (Å²) in [6.07, 6.45) is 17.1. The van der Waals surface area contributed by atoms with Crippen molar-refractivity contribution in [3.05, 3.63) is 155 Å². The van der Waals surface area contributed by atoms with E-state index in [1.54, 1.807) is 16.7 Å². The van der Waals surface area contributed by atoms with Crippen LogP contribution in [0.15, 0.2) is 127 Å². The fourth-order valence-corrected chi connectivity index (χ4v) is 16.7. The molecule has 0 amide bonds. The molecule has 320 valence electrons. The van der Waals surface area contributed by atoms with Gasteiger partial charge in [0.15, 0.2) is 0 Å². The molecule has 2 bridgehead atoms. The van der Waals surface area contributed by atoms with Crippen molar-refractivity contribution in [1.29, 1.82) is 0 Å². The van der Waals surface area contributed by atoms with Gasteiger partial charge in [0.2, 0.25) is 0 Å². The monoisotopic (exact) mass is 826 g/mol. The van der Waals surface area contributed by atoms with Crippen LogP contribution in [0.2, 0.25) is 0 Å². The molecule has 2 spiro atoms. The highest BCUT2D eigenvalue weighted by Gasteiger charge is 2.84. The molecule has 1 nitrogen and oxygen atoms in total. The quantitative estimate of drug-likeness (QED) is 0.171. The second-order valence-electron chi connectivity index (χ2n) is 24.7. The van der Waals surface area contributed by atoms with E-state index in [2.05, 4.69) is 182 Å². The van der Waals surface area contributed by atoms with Crippen LogP contribution in [-0.2, 0) is 16.2 Å². The molecule has 0 N–H and O–H groups in total. The first kappa shape index (κ1) is 38.8. The summed E-state index contributed by atoms with van der Waals surface area (Å²) < 4.78 is 0. The minimum Gasteiger partial charge on any atom is -0.309 e. The number of benzene rings is 5. The average molecular weight is 826 g/mol. The number of fused-ring (bicyclic) bond motifs is 10. The lowest BCUT2D eigenvalue weighted by atomic mass is 9.27. The van der Waals surface area contributed by atoms with Gasteiger partial charge in [-0.3, -0.25) is 0 Å². The van der Waals surface area contributed by atoms with Crippen molar-refractivity contribution in [3.8, 4) is 22.3 Å². The molecule has 5 aromatic rings. The smallest absolute Gasteiger partial charge is 0.0540 e. The van der Waals surface area contributed by atoms with Crippen LogP contribution in [-0.4, -0.2) is 0 Å². The molecule has 1 heteroatoms. The van der Waals surface area contributed by atoms with Crippen LogP contribution in [0.25, 0.3) is 27.8 Å². The van der Waals surface area contributed by atoms with Crippen molar-refractivity contribution in [2.75, 3.05) is 4.90 Å². The maximum absolute atomic E-state index is 2.71. The minimum absolute atomic E-state index is 0.131. The third kappa shape index (κ3) is 4.96. The molecule has 7 unspecified atom stereocenters. The standard InChI is InChI=1S/C62H67N/c1-57(2)27-29-59(5,6)51-33-39(21-25-48(51)57)43-15-10-13-19-53(43)63(54-20-14-11-16-44(54)40-22-26-49-52(34-40)60(7,8)30-28-58(49,3)4)42-23-24-46-45-17-9-12-18-47(45)62(50(46)36-42)55-32-38-31-41-35-56(62)61(41,55)37-38/h9-25,33-34,36,38,41,49,55-56H,26-32,35,37H2,1-8H3. The predicted molar refractivity (Wildman–Crippen MR) is 264 cm³/mol. The van der Waals surface area contributed by atoms with Crippen molar-refractivity contribution in [3.63, 3.8) is 0 Å². The molecule has 13 rings (SSSR count). The lowest BCUT2D eigenvalue weighted by Crippen LogP contribution is -2.73. The van der Waals surface area contributed by atoms with Crippen LogP contribution < -0.4 is 4.90 Å². The van der Waals surface area contributed by atoms with Gasteiger partial charge in [0.05, 0.1) is 11.4 Å². The Morgan fingerprint density at radius 2 is 1.17 bits per heavy atom. The summed E-state index contributed by atoms with van der Waals surface area (Å²) in [7, 11) is 0. The number of rotatable bonds is 5. The second-order valence-corrected chi connectivity index (χ2v) is 24.7. The molecule has 8 aliphatic carbocycles. The fourth-order valence-electron chi connectivity index (χ4n) is 16.7. The van der Waals surface area contributed by atoms with E-state index in [4.69, 9.17) is 0 Å². The van der Waals surface area contributed by atoms with Crippen molar-refractivity contribution >= 4 is 22.6 Å². The van der Waals surface area contributed by atoms with Crippen LogP contribution in [0, 0.1) is 45.8 Å². The summed E-state index contributed by atoms with van der Waals surface area (Å²) >= 11 is 0. The number of allylic oxidation sites excluding steroid dienone is 4. The lowest BCUT2D eigenvalue weighted by Gasteiger charge is -2.76. The van der Waals surface area contributed by atoms with E-state index in [0.29, 0.717) is 16.7 Å². The van der Waals surface area contributed by atoms with Gasteiger partial charge in [0.25, 0.3) is 0 Å². The highest BCUT2D eigenvalue weighted by Crippen LogP contribution is 2.89. The number of para-hydroxylation sites is 2. The maximum Gasteiger partial charge on any atom is 0.0540 e. The van der Waals surface area contributed by atoms with E-state index in [9.17, 15) is 0 Å². The largest absolute Gasteiger partial charge is 0.309 e. The molecule has 5 fully saturated rings. The van der Waals surface area contributed by atoms with Crippen molar-refractivity contribution < 1.29 is 0 Å². The summed E-state index contributed by atoms with van der Waals surface area (Å²) in [6, 6.07) is 43.6. The third-order valence-electron chi connectivity index (χ3n) is 20.0. The Bertz CT molecular complexity index is 2840. The molecule has 0 aliphatic heterocycles. The summed E-state index contributed by atoms with van der Waals surface area (Å²) in [4.78, 5) is 2.69. The number of hydrogen-bond acceptors (Lipinski definition) is 1. The Morgan fingerprint density at radius 1 is 0.524 bits per heavy atom. The molecule has 0 radical (unpaired) electrons. The molecule has 5 saturated carbocycles. The Hall–Kier alpha value is -4.62. The fraction of sp³-hybridized carbons (Fsp3) is 0.452. The van der Waals surface area contributed by atoms with Crippen molar-refractivity contribution in [1.82, 2.24) is 0 Å². The van der Waals surface area contributed by atoms with Crippen molar-refractivity contribution in [2.45, 2.75) is 129 Å². The molecule has 0 aromatic heterocycles. The number of nitrogens with zero attached hydrogens (tertiary/aromatic N) is 1. The van der Waals surface area contributed by atoms with E-state index in [0.717, 1.165) is 30.1 Å². The number of hydrogen-bond donors (Lipinski definition) is 0. The molecule has 63 heavy (non-hydrogen) atoms. The highest BCUT2D eigenvalue weighted by atomic mass is 15.1. The second kappa shape index (κ2) is 12.6. The van der Waals surface area contributed by atoms with Crippen LogP contribution in [0.3, 0.4) is 0 Å². The maximum atomic E-state index is 2.71. The van der Waals surface area contributed by atoms with Gasteiger partial charge in [0, 0.05) is 22.2 Å². The van der Waals surface area contributed by atoms with Gasteiger partial charge >= 0.3 is 0 Å². The molecular formula is C62H67N. The van der Waals surface area contributed by atoms with Gasteiger partial charge in [0.1, 0.15) is 0 Å². The van der Waals surface area contributed by atoms with Crippen LogP contribution in [0.1, 0.15) is 141 Å². The molecule has 8 aliphatic rings. The van der Waals surface area contributed by atoms with E-state index in [-0.39, 0.29) is 21.7 Å². The third-order valence-corrected chi connectivity index (χ3v) is 20.0. The Balaban J connectivity index is 1.02. The van der Waals surface area contributed by atoms with Gasteiger partial charge in [-0.05, 0) is 183 Å². The predicted octanol–water partition coefficient (Wildman–Crippen LogP) is 16.7. The Labute approximate surface area is 378 Å². The zero-order valence-electron chi connectivity index (χ0n) is 39.2. The first-order chi connectivity index (χ1) is 30.1. The summed E-state index contributed by atoms with van der Waals surface area (Å²) in [5.74, 6) is 4.04. The van der Waals surface area contributed by atoms with Crippen LogP contribution in [0.4, 0.5) is 17.1 Å². The highest BCUT2D eigenvalue weighted by molar-refractivity contribution is 5.95. The van der Waals surface area contributed by atoms with Gasteiger partial charge in [-0.25, -0.2) is 0 Å². The van der Waals surface area contributed by atoms with Gasteiger partial charge in [-0.2, -0.15) is 0 Å². The normalized spacial score (nSPS) is 32.2. The van der Waals surface area contributed by atoms with E-state index in [1.807, 2.05) is 0 Å². The van der Waals surface area contributed by atoms with E-state index < -0.39 is 0 Å². The van der Waals surface area contributed by atoms with Crippen LogP contribution >= 0.6 is 0 Å². The molecular weight excluding hydrogens is 759 g/mol. The zero-order valence-corrected chi connectivity index (χ0v) is 39.2. The first-order valence-electron chi connectivity index (χ1n) is 25.0. The molecule has 7 atom stereocenters. The van der Waals surface area contributed by atoms with Crippen molar-refractivity contribution in [2.24, 2.45) is 45.8 Å². The van der Waals surface area contributed by atoms with Gasteiger partial charge in [-0.1, -0.05) is 158 Å². The zero-order chi connectivity index (χ0) is 43.1. The average Bonchev–Trinajstić information content (AvgIpc) is 3.91. The SMILES string of the molecule is CC1(C)CCC(C)(C)C2CC=C(c3ccccc3N(c3ccc4c(c3)C3(c5ccccc5-4)C4CC5CC6CC3C64C5)c3ccccc3-c3ccc4c(c3)C(C)(C)CCC4(C)C)C=C21. The topological polar surface area (TPSA) is 3.24 Å². The summed E-state index contributed by atoms with van der Waals surface area (Å²) in [5, 5.41) is 0. The first-order valence-corrected chi connectivity index (χ1v) is 25.0. The molecule has 0 heterocycles. The van der Waals surface area contributed by atoms with Gasteiger partial charge in [-0.15, -0.1) is 0 Å². The Kier molecular flexibility index (Phi) is 7.75. The lowest BCUT2D eigenvalue weighted by molar-refractivity contribution is -0.231. The van der Waals surface area contributed by atoms with Crippen LogP contribution in [0.5, 0.6) is 0 Å². The minimum atomic E-state index is 0.131. The number of anilines is 3. The molecule has 5 aromatic carbocycles. The van der Waals surface area contributed by atoms with E-state index in [1.165, 1.54) is 113 Å². The summed E-state index contributed by atoms with van der Waals surface area (Å²) in [5.41, 5.74) is 21.7. The molecule has 0 saturated heterocycles.